The third kappa shape index (κ3) is 2.32. The molecule has 1 amide bonds. The summed E-state index contributed by atoms with van der Waals surface area (Å²) in [5.74, 6) is 0.298. The third-order valence-electron chi connectivity index (χ3n) is 2.32. The fraction of sp³-hybridized carbons (Fsp3) is 0.0833. The molecule has 84 valence electrons. The Morgan fingerprint density at radius 2 is 2.35 bits per heavy atom. The largest absolute Gasteiger partial charge is 0.307 e. The van der Waals surface area contributed by atoms with Crippen LogP contribution in [0, 0.1) is 18.3 Å². The van der Waals surface area contributed by atoms with E-state index in [1.165, 1.54) is 0 Å². The van der Waals surface area contributed by atoms with Gasteiger partial charge in [0, 0.05) is 11.1 Å². The van der Waals surface area contributed by atoms with Gasteiger partial charge in [0.05, 0.1) is 17.8 Å². The van der Waals surface area contributed by atoms with Crippen LogP contribution in [0.1, 0.15) is 21.5 Å². The van der Waals surface area contributed by atoms with E-state index in [0.29, 0.717) is 16.9 Å². The molecule has 0 aliphatic heterocycles. The zero-order valence-electron chi connectivity index (χ0n) is 9.19. The minimum absolute atomic E-state index is 0.269. The molecule has 1 aromatic heterocycles. The van der Waals surface area contributed by atoms with Crippen LogP contribution in [0.25, 0.3) is 0 Å². The Labute approximate surface area is 98.1 Å². The van der Waals surface area contributed by atoms with Gasteiger partial charge in [-0.2, -0.15) is 10.4 Å². The lowest BCUT2D eigenvalue weighted by Crippen LogP contribution is -2.13. The van der Waals surface area contributed by atoms with Gasteiger partial charge in [0.1, 0.15) is 5.82 Å². The number of anilines is 1. The first-order valence-electron chi connectivity index (χ1n) is 5.02. The van der Waals surface area contributed by atoms with Gasteiger partial charge in [-0.25, -0.2) is 0 Å². The second kappa shape index (κ2) is 4.49. The second-order valence-corrected chi connectivity index (χ2v) is 3.57. The average molecular weight is 226 g/mol. The lowest BCUT2D eigenvalue weighted by Gasteiger charge is -2.03. The number of rotatable bonds is 2. The summed E-state index contributed by atoms with van der Waals surface area (Å²) in [6, 6.07) is 8.51. The Morgan fingerprint density at radius 1 is 1.53 bits per heavy atom. The summed E-state index contributed by atoms with van der Waals surface area (Å²) >= 11 is 0. The van der Waals surface area contributed by atoms with Crippen LogP contribution < -0.4 is 5.32 Å². The maximum atomic E-state index is 11.9. The van der Waals surface area contributed by atoms with E-state index in [1.807, 2.05) is 13.0 Å². The number of carbonyl (C=O) groups is 1. The number of aromatic amines is 1. The molecule has 5 heteroatoms. The lowest BCUT2D eigenvalue weighted by molar-refractivity contribution is 0.102. The van der Waals surface area contributed by atoms with E-state index in [9.17, 15) is 4.79 Å². The highest BCUT2D eigenvalue weighted by molar-refractivity contribution is 6.04. The molecule has 17 heavy (non-hydrogen) atoms. The Balaban J connectivity index is 2.21. The molecule has 5 nitrogen and oxygen atoms in total. The molecule has 2 rings (SSSR count). The Kier molecular flexibility index (Phi) is 2.88. The van der Waals surface area contributed by atoms with Crippen LogP contribution in [0.5, 0.6) is 0 Å². The van der Waals surface area contributed by atoms with E-state index in [1.54, 1.807) is 30.5 Å². The molecule has 0 bridgehead atoms. The summed E-state index contributed by atoms with van der Waals surface area (Å²) in [7, 11) is 0. The minimum atomic E-state index is -0.269. The van der Waals surface area contributed by atoms with Gasteiger partial charge in [0.25, 0.3) is 5.91 Å². The molecule has 0 spiro atoms. The standard InChI is InChI=1S/C12H10N4O/c1-8-7-14-16-11(8)15-12(17)10-4-2-3-9(5-10)6-13/h2-5,7H,1H3,(H2,14,15,16,17). The number of carbonyl (C=O) groups excluding carboxylic acids is 1. The van der Waals surface area contributed by atoms with Crippen LogP contribution in [0.4, 0.5) is 5.82 Å². The number of nitrogens with zero attached hydrogens (tertiary/aromatic N) is 2. The highest BCUT2D eigenvalue weighted by Crippen LogP contribution is 2.11. The van der Waals surface area contributed by atoms with Crippen LogP contribution in [-0.4, -0.2) is 16.1 Å². The molecule has 0 unspecified atom stereocenters. The number of H-pyrrole nitrogens is 1. The number of amides is 1. The number of aromatic nitrogens is 2. The van der Waals surface area contributed by atoms with Crippen molar-refractivity contribution in [2.24, 2.45) is 0 Å². The van der Waals surface area contributed by atoms with Crippen LogP contribution in [0.15, 0.2) is 30.5 Å². The van der Waals surface area contributed by atoms with Crippen LogP contribution in [0.3, 0.4) is 0 Å². The summed E-state index contributed by atoms with van der Waals surface area (Å²) < 4.78 is 0. The topological polar surface area (TPSA) is 81.6 Å². The molecular formula is C12H10N4O. The third-order valence-corrected chi connectivity index (χ3v) is 2.32. The van der Waals surface area contributed by atoms with Gasteiger partial charge in [0.2, 0.25) is 0 Å². The van der Waals surface area contributed by atoms with Gasteiger partial charge in [-0.05, 0) is 25.1 Å². The molecular weight excluding hydrogens is 216 g/mol. The lowest BCUT2D eigenvalue weighted by atomic mass is 10.1. The van der Waals surface area contributed by atoms with E-state index in [4.69, 9.17) is 5.26 Å². The molecule has 0 atom stereocenters. The van der Waals surface area contributed by atoms with Crippen molar-refractivity contribution in [1.82, 2.24) is 10.2 Å². The molecule has 0 saturated carbocycles. The molecule has 2 aromatic rings. The number of nitriles is 1. The number of hydrogen-bond donors (Lipinski definition) is 2. The first-order valence-corrected chi connectivity index (χ1v) is 5.02. The van der Waals surface area contributed by atoms with Gasteiger partial charge in [-0.1, -0.05) is 6.07 Å². The Morgan fingerprint density at radius 3 is 3.00 bits per heavy atom. The Bertz CT molecular complexity index is 595. The highest BCUT2D eigenvalue weighted by Gasteiger charge is 2.09. The highest BCUT2D eigenvalue weighted by atomic mass is 16.1. The second-order valence-electron chi connectivity index (χ2n) is 3.57. The molecule has 1 aromatic carbocycles. The summed E-state index contributed by atoms with van der Waals surface area (Å²) in [5, 5.41) is 17.9. The summed E-state index contributed by atoms with van der Waals surface area (Å²) in [6.45, 7) is 1.84. The monoisotopic (exact) mass is 226 g/mol. The summed E-state index contributed by atoms with van der Waals surface area (Å²) in [5.41, 5.74) is 1.76. The number of hydrogen-bond acceptors (Lipinski definition) is 3. The number of aryl methyl sites for hydroxylation is 1. The SMILES string of the molecule is Cc1cn[nH]c1NC(=O)c1cccc(C#N)c1. The van der Waals surface area contributed by atoms with Crippen molar-refractivity contribution in [3.05, 3.63) is 47.2 Å². The minimum Gasteiger partial charge on any atom is -0.307 e. The maximum Gasteiger partial charge on any atom is 0.256 e. The normalized spacial score (nSPS) is 9.65. The van der Waals surface area contributed by atoms with Crippen molar-refractivity contribution in [3.63, 3.8) is 0 Å². The van der Waals surface area contributed by atoms with E-state index >= 15 is 0 Å². The predicted molar refractivity (Wildman–Crippen MR) is 62.4 cm³/mol. The van der Waals surface area contributed by atoms with Gasteiger partial charge in [-0.3, -0.25) is 9.89 Å². The van der Waals surface area contributed by atoms with Gasteiger partial charge in [0.15, 0.2) is 0 Å². The molecule has 0 saturated heterocycles. The Hall–Kier alpha value is -2.61. The fourth-order valence-corrected chi connectivity index (χ4v) is 1.39. The molecule has 0 radical (unpaired) electrons. The van der Waals surface area contributed by atoms with Crippen molar-refractivity contribution in [1.29, 1.82) is 5.26 Å². The zero-order valence-corrected chi connectivity index (χ0v) is 9.19. The van der Waals surface area contributed by atoms with Gasteiger partial charge >= 0.3 is 0 Å². The van der Waals surface area contributed by atoms with Crippen molar-refractivity contribution < 1.29 is 4.79 Å². The number of benzene rings is 1. The van der Waals surface area contributed by atoms with Gasteiger partial charge < -0.3 is 5.32 Å². The number of nitrogens with one attached hydrogen (secondary N) is 2. The fourth-order valence-electron chi connectivity index (χ4n) is 1.39. The van der Waals surface area contributed by atoms with Crippen molar-refractivity contribution in [2.45, 2.75) is 6.92 Å². The van der Waals surface area contributed by atoms with Crippen molar-refractivity contribution >= 4 is 11.7 Å². The van der Waals surface area contributed by atoms with E-state index < -0.39 is 0 Å². The first-order chi connectivity index (χ1) is 8.20. The predicted octanol–water partition coefficient (Wildman–Crippen LogP) is 1.84. The molecule has 0 aliphatic rings. The molecule has 0 aliphatic carbocycles. The quantitative estimate of drug-likeness (QED) is 0.819. The first kappa shape index (κ1) is 10.9. The zero-order chi connectivity index (χ0) is 12.3. The maximum absolute atomic E-state index is 11.9. The smallest absolute Gasteiger partial charge is 0.256 e. The van der Waals surface area contributed by atoms with Crippen LogP contribution in [-0.2, 0) is 0 Å². The molecule has 2 N–H and O–H groups in total. The molecule has 0 fully saturated rings. The van der Waals surface area contributed by atoms with Crippen LogP contribution in [0.2, 0.25) is 0 Å². The molecule has 1 heterocycles. The summed E-state index contributed by atoms with van der Waals surface area (Å²) in [4.78, 5) is 11.9. The van der Waals surface area contributed by atoms with E-state index in [-0.39, 0.29) is 5.91 Å². The summed E-state index contributed by atoms with van der Waals surface area (Å²) in [6.07, 6.45) is 1.63. The van der Waals surface area contributed by atoms with Crippen LogP contribution >= 0.6 is 0 Å². The average Bonchev–Trinajstić information content (AvgIpc) is 2.75. The van der Waals surface area contributed by atoms with Gasteiger partial charge in [-0.15, -0.1) is 0 Å². The van der Waals surface area contributed by atoms with Crippen molar-refractivity contribution in [3.8, 4) is 6.07 Å². The van der Waals surface area contributed by atoms with E-state index in [2.05, 4.69) is 15.5 Å². The van der Waals surface area contributed by atoms with E-state index in [0.717, 1.165) is 5.56 Å². The van der Waals surface area contributed by atoms with Crippen molar-refractivity contribution in [2.75, 3.05) is 5.32 Å².